The normalized spacial score (nSPS) is 10.4. The first kappa shape index (κ1) is 11.2. The van der Waals surface area contributed by atoms with Crippen molar-refractivity contribution in [2.24, 2.45) is 0 Å². The van der Waals surface area contributed by atoms with E-state index in [4.69, 9.17) is 10.2 Å². The van der Waals surface area contributed by atoms with Crippen LogP contribution in [0, 0.1) is 3.57 Å². The molecule has 3 N–H and O–H groups in total. The molecule has 5 nitrogen and oxygen atoms in total. The molecule has 0 aliphatic rings. The molecule has 2 heterocycles. The maximum absolute atomic E-state index is 5.66. The molecule has 0 unspecified atom stereocenters. The summed E-state index contributed by atoms with van der Waals surface area (Å²) in [4.78, 5) is 8.32. The van der Waals surface area contributed by atoms with E-state index in [2.05, 4.69) is 37.9 Å². The number of nitrogens with one attached hydrogen (secondary N) is 1. The van der Waals surface area contributed by atoms with E-state index in [0.29, 0.717) is 11.5 Å². The summed E-state index contributed by atoms with van der Waals surface area (Å²) in [6.07, 6.45) is 1.61. The average molecular weight is 330 g/mol. The van der Waals surface area contributed by atoms with Crippen LogP contribution >= 0.6 is 22.6 Å². The lowest BCUT2D eigenvalue weighted by molar-refractivity contribution is 0.579. The van der Waals surface area contributed by atoms with Gasteiger partial charge in [-0.05, 0) is 41.6 Å². The zero-order chi connectivity index (χ0) is 11.5. The fourth-order valence-electron chi connectivity index (χ4n) is 1.33. The Morgan fingerprint density at radius 2 is 2.31 bits per heavy atom. The van der Waals surface area contributed by atoms with E-state index in [9.17, 15) is 0 Å². The molecule has 0 aliphatic carbocycles. The first-order valence-corrected chi connectivity index (χ1v) is 5.91. The quantitative estimate of drug-likeness (QED) is 0.845. The third-order valence-corrected chi connectivity index (χ3v) is 2.99. The Hall–Kier alpha value is -1.31. The van der Waals surface area contributed by atoms with Crippen molar-refractivity contribution in [2.45, 2.75) is 6.92 Å². The zero-order valence-electron chi connectivity index (χ0n) is 8.70. The molecule has 0 saturated heterocycles. The van der Waals surface area contributed by atoms with Crippen molar-refractivity contribution in [3.05, 3.63) is 22.0 Å². The molecule has 0 radical (unpaired) electrons. The maximum atomic E-state index is 5.66. The molecule has 0 bridgehead atoms. The zero-order valence-corrected chi connectivity index (χ0v) is 10.9. The van der Waals surface area contributed by atoms with Crippen molar-refractivity contribution < 1.29 is 4.42 Å². The number of hydrogen-bond acceptors (Lipinski definition) is 5. The second-order valence-electron chi connectivity index (χ2n) is 3.10. The van der Waals surface area contributed by atoms with Crippen LogP contribution in [0.15, 0.2) is 22.8 Å². The molecular weight excluding hydrogens is 319 g/mol. The lowest BCUT2D eigenvalue weighted by Crippen LogP contribution is -2.07. The summed E-state index contributed by atoms with van der Waals surface area (Å²) in [6.45, 7) is 2.78. The van der Waals surface area contributed by atoms with Gasteiger partial charge in [-0.3, -0.25) is 0 Å². The molecule has 16 heavy (non-hydrogen) atoms. The van der Waals surface area contributed by atoms with E-state index >= 15 is 0 Å². The van der Waals surface area contributed by atoms with Crippen molar-refractivity contribution in [3.63, 3.8) is 0 Å². The van der Waals surface area contributed by atoms with Gasteiger partial charge in [-0.1, -0.05) is 0 Å². The largest absolute Gasteiger partial charge is 0.463 e. The van der Waals surface area contributed by atoms with Crippen LogP contribution in [0.3, 0.4) is 0 Å². The van der Waals surface area contributed by atoms with E-state index < -0.39 is 0 Å². The fraction of sp³-hybridized carbons (Fsp3) is 0.200. The molecule has 2 aromatic heterocycles. The van der Waals surface area contributed by atoms with Gasteiger partial charge in [-0.15, -0.1) is 0 Å². The van der Waals surface area contributed by atoms with E-state index in [-0.39, 0.29) is 5.95 Å². The monoisotopic (exact) mass is 330 g/mol. The van der Waals surface area contributed by atoms with Gasteiger partial charge in [0.15, 0.2) is 5.76 Å². The standard InChI is InChI=1S/C10H11IN4O/c1-2-13-9-7(11)8(14-10(12)15-9)6-4-3-5-16-6/h3-5H,2H2,1H3,(H3,12,13,14,15). The number of nitrogen functional groups attached to an aromatic ring is 1. The Labute approximate surface area is 107 Å². The van der Waals surface area contributed by atoms with Crippen LogP contribution in [-0.2, 0) is 0 Å². The van der Waals surface area contributed by atoms with Crippen molar-refractivity contribution in [3.8, 4) is 11.5 Å². The first-order valence-electron chi connectivity index (χ1n) is 4.83. The molecule has 2 aromatic rings. The summed E-state index contributed by atoms with van der Waals surface area (Å²) < 4.78 is 6.22. The summed E-state index contributed by atoms with van der Waals surface area (Å²) in [5.74, 6) is 1.67. The highest BCUT2D eigenvalue weighted by atomic mass is 127. The van der Waals surface area contributed by atoms with Crippen LogP contribution in [0.5, 0.6) is 0 Å². The van der Waals surface area contributed by atoms with Crippen molar-refractivity contribution in [2.75, 3.05) is 17.6 Å². The lowest BCUT2D eigenvalue weighted by atomic mass is 10.3. The van der Waals surface area contributed by atoms with Gasteiger partial charge >= 0.3 is 0 Å². The highest BCUT2D eigenvalue weighted by molar-refractivity contribution is 14.1. The number of aromatic nitrogens is 2. The van der Waals surface area contributed by atoms with Crippen LogP contribution in [0.2, 0.25) is 0 Å². The minimum atomic E-state index is 0.239. The van der Waals surface area contributed by atoms with Gasteiger partial charge < -0.3 is 15.5 Å². The number of halogens is 1. The van der Waals surface area contributed by atoms with Crippen LogP contribution in [0.4, 0.5) is 11.8 Å². The van der Waals surface area contributed by atoms with Gasteiger partial charge in [0.25, 0.3) is 0 Å². The molecule has 0 aliphatic heterocycles. The summed E-state index contributed by atoms with van der Waals surface area (Å²) in [5, 5.41) is 3.14. The second-order valence-corrected chi connectivity index (χ2v) is 4.18. The van der Waals surface area contributed by atoms with Gasteiger partial charge in [-0.25, -0.2) is 4.98 Å². The first-order chi connectivity index (χ1) is 7.72. The van der Waals surface area contributed by atoms with E-state index in [0.717, 1.165) is 15.9 Å². The SMILES string of the molecule is CCNc1nc(N)nc(-c2ccco2)c1I. The third kappa shape index (κ3) is 2.11. The predicted octanol–water partition coefficient (Wildman–Crippen LogP) is 2.36. The highest BCUT2D eigenvalue weighted by Gasteiger charge is 2.14. The molecule has 0 atom stereocenters. The van der Waals surface area contributed by atoms with Crippen LogP contribution in [0.1, 0.15) is 6.92 Å². The summed E-state index contributed by atoms with van der Waals surface area (Å²) in [5.41, 5.74) is 6.37. The molecule has 0 aromatic carbocycles. The average Bonchev–Trinajstić information content (AvgIpc) is 2.76. The van der Waals surface area contributed by atoms with Crippen molar-refractivity contribution in [1.82, 2.24) is 9.97 Å². The molecule has 0 spiro atoms. The van der Waals surface area contributed by atoms with Gasteiger partial charge in [-0.2, -0.15) is 4.98 Å². The Balaban J connectivity index is 2.53. The molecule has 2 rings (SSSR count). The minimum Gasteiger partial charge on any atom is -0.463 e. The molecule has 0 fully saturated rings. The smallest absolute Gasteiger partial charge is 0.222 e. The van der Waals surface area contributed by atoms with Gasteiger partial charge in [0, 0.05) is 6.54 Å². The maximum Gasteiger partial charge on any atom is 0.222 e. The number of nitrogens with two attached hydrogens (primary N) is 1. The molecule has 0 saturated carbocycles. The van der Waals surface area contributed by atoms with Gasteiger partial charge in [0.1, 0.15) is 11.5 Å². The Kier molecular flexibility index (Phi) is 3.28. The number of rotatable bonds is 3. The predicted molar refractivity (Wildman–Crippen MR) is 71.0 cm³/mol. The summed E-state index contributed by atoms with van der Waals surface area (Å²) >= 11 is 2.18. The Bertz CT molecular complexity index is 484. The summed E-state index contributed by atoms with van der Waals surface area (Å²) in [7, 11) is 0. The topological polar surface area (TPSA) is 77.0 Å². The van der Waals surface area contributed by atoms with Crippen molar-refractivity contribution in [1.29, 1.82) is 0 Å². The van der Waals surface area contributed by atoms with Gasteiger partial charge in [0.2, 0.25) is 5.95 Å². The van der Waals surface area contributed by atoms with Crippen LogP contribution < -0.4 is 11.1 Å². The lowest BCUT2D eigenvalue weighted by Gasteiger charge is -2.08. The molecular formula is C10H11IN4O. The van der Waals surface area contributed by atoms with E-state index in [1.807, 2.05) is 19.1 Å². The van der Waals surface area contributed by atoms with E-state index in [1.165, 1.54) is 0 Å². The summed E-state index contributed by atoms with van der Waals surface area (Å²) in [6, 6.07) is 3.66. The van der Waals surface area contributed by atoms with E-state index in [1.54, 1.807) is 6.26 Å². The Morgan fingerprint density at radius 1 is 1.50 bits per heavy atom. The molecule has 6 heteroatoms. The Morgan fingerprint density at radius 3 is 2.94 bits per heavy atom. The second kappa shape index (κ2) is 4.69. The van der Waals surface area contributed by atoms with Crippen LogP contribution in [0.25, 0.3) is 11.5 Å². The number of nitrogens with zero attached hydrogens (tertiary/aromatic N) is 2. The van der Waals surface area contributed by atoms with Crippen LogP contribution in [-0.4, -0.2) is 16.5 Å². The number of hydrogen-bond donors (Lipinski definition) is 2. The molecule has 0 amide bonds. The van der Waals surface area contributed by atoms with Gasteiger partial charge in [0.05, 0.1) is 9.83 Å². The molecule has 84 valence electrons. The number of anilines is 2. The minimum absolute atomic E-state index is 0.239. The fourth-order valence-corrected chi connectivity index (χ4v) is 2.02. The third-order valence-electron chi connectivity index (χ3n) is 1.97. The van der Waals surface area contributed by atoms with Crippen molar-refractivity contribution >= 4 is 34.4 Å². The highest BCUT2D eigenvalue weighted by Crippen LogP contribution is 2.28. The number of furan rings is 1.